The maximum Gasteiger partial charge on any atom is 0.0508 e. The number of benzene rings is 8. The van der Waals surface area contributed by atoms with Gasteiger partial charge in [0, 0.05) is 28.1 Å². The standard InChI is InChI=1S/C55H43N/c1-54(2)48-21-11-9-16-42(48)44-33-32-39(34-50(44)54)56(51-23-13-20-47-43-17-10-12-22-49(43)55(3,4)53(47)51)38-30-28-36(29-31-38)35-24-26-37(27-25-35)52-45-18-7-5-14-40(45)41-15-6-8-19-46(41)52/h5-34,52H,1-4H3. The molecule has 0 saturated heterocycles. The van der Waals surface area contributed by atoms with E-state index >= 15 is 0 Å². The van der Waals surface area contributed by atoms with Crippen molar-refractivity contribution in [2.24, 2.45) is 0 Å². The summed E-state index contributed by atoms with van der Waals surface area (Å²) in [4.78, 5) is 2.51. The Balaban J connectivity index is 1.01. The molecule has 0 atom stereocenters. The number of rotatable bonds is 5. The largest absolute Gasteiger partial charge is 0.310 e. The third kappa shape index (κ3) is 4.67. The number of anilines is 3. The van der Waals surface area contributed by atoms with E-state index < -0.39 is 0 Å². The predicted molar refractivity (Wildman–Crippen MR) is 235 cm³/mol. The second kappa shape index (κ2) is 12.0. The van der Waals surface area contributed by atoms with Crippen molar-refractivity contribution in [3.05, 3.63) is 221 Å². The van der Waals surface area contributed by atoms with Crippen LogP contribution in [0.3, 0.4) is 0 Å². The van der Waals surface area contributed by atoms with Gasteiger partial charge in [0.05, 0.1) is 5.69 Å². The van der Waals surface area contributed by atoms with Gasteiger partial charge in [0.2, 0.25) is 0 Å². The molecule has 0 heterocycles. The van der Waals surface area contributed by atoms with E-state index in [-0.39, 0.29) is 16.7 Å². The molecule has 0 bridgehead atoms. The van der Waals surface area contributed by atoms with Gasteiger partial charge in [0.25, 0.3) is 0 Å². The van der Waals surface area contributed by atoms with Crippen molar-refractivity contribution >= 4 is 17.1 Å². The van der Waals surface area contributed by atoms with Gasteiger partial charge < -0.3 is 4.90 Å². The van der Waals surface area contributed by atoms with Crippen molar-refractivity contribution in [3.8, 4) is 44.5 Å². The molecule has 0 unspecified atom stereocenters. The summed E-state index contributed by atoms with van der Waals surface area (Å²) in [5.41, 5.74) is 23.4. The zero-order valence-electron chi connectivity index (χ0n) is 32.3. The van der Waals surface area contributed by atoms with E-state index in [1.807, 2.05) is 0 Å². The minimum absolute atomic E-state index is 0.0968. The molecule has 1 heteroatoms. The maximum atomic E-state index is 2.51. The van der Waals surface area contributed by atoms with Gasteiger partial charge in [0.1, 0.15) is 0 Å². The van der Waals surface area contributed by atoms with Crippen LogP contribution in [0.5, 0.6) is 0 Å². The second-order valence-electron chi connectivity index (χ2n) is 16.9. The molecule has 0 radical (unpaired) electrons. The molecular weight excluding hydrogens is 675 g/mol. The van der Waals surface area contributed by atoms with E-state index in [9.17, 15) is 0 Å². The fourth-order valence-electron chi connectivity index (χ4n) is 10.4. The van der Waals surface area contributed by atoms with E-state index in [2.05, 4.69) is 215 Å². The lowest BCUT2D eigenvalue weighted by Crippen LogP contribution is -2.21. The average molecular weight is 718 g/mol. The smallest absolute Gasteiger partial charge is 0.0508 e. The number of nitrogens with zero attached hydrogens (tertiary/aromatic N) is 1. The Morgan fingerprint density at radius 1 is 0.375 bits per heavy atom. The Morgan fingerprint density at radius 2 is 0.857 bits per heavy atom. The van der Waals surface area contributed by atoms with Crippen LogP contribution in [-0.4, -0.2) is 0 Å². The van der Waals surface area contributed by atoms with Gasteiger partial charge in [-0.1, -0.05) is 179 Å². The molecule has 0 saturated carbocycles. The first-order valence-electron chi connectivity index (χ1n) is 20.0. The number of hydrogen-bond donors (Lipinski definition) is 0. The zero-order chi connectivity index (χ0) is 37.8. The highest BCUT2D eigenvalue weighted by molar-refractivity contribution is 5.92. The molecule has 0 aromatic heterocycles. The average Bonchev–Trinajstić information content (AvgIpc) is 3.79. The molecule has 11 rings (SSSR count). The molecule has 268 valence electrons. The summed E-state index contributed by atoms with van der Waals surface area (Å²) in [6, 6.07) is 68.1. The van der Waals surface area contributed by atoms with Gasteiger partial charge in [-0.05, 0) is 114 Å². The van der Waals surface area contributed by atoms with Crippen molar-refractivity contribution in [3.63, 3.8) is 0 Å². The topological polar surface area (TPSA) is 3.24 Å². The SMILES string of the molecule is CC1(C)c2ccccc2-c2ccc(N(c3ccc(-c4ccc(C5c6ccccc6-c6ccccc65)cc4)cc3)c3cccc4c3C(C)(C)c3ccccc3-4)cc21. The summed E-state index contributed by atoms with van der Waals surface area (Å²) >= 11 is 0. The molecular formula is C55H43N. The molecule has 0 aliphatic heterocycles. The highest BCUT2D eigenvalue weighted by Crippen LogP contribution is 2.56. The maximum absolute atomic E-state index is 2.51. The molecule has 56 heavy (non-hydrogen) atoms. The lowest BCUT2D eigenvalue weighted by Gasteiger charge is -2.33. The van der Waals surface area contributed by atoms with Crippen molar-refractivity contribution in [1.29, 1.82) is 0 Å². The van der Waals surface area contributed by atoms with Crippen LogP contribution in [0.25, 0.3) is 44.5 Å². The molecule has 0 spiro atoms. The van der Waals surface area contributed by atoms with Gasteiger partial charge in [-0.2, -0.15) is 0 Å². The van der Waals surface area contributed by atoms with Crippen LogP contribution in [0, 0.1) is 0 Å². The quantitative estimate of drug-likeness (QED) is 0.171. The summed E-state index contributed by atoms with van der Waals surface area (Å²) in [7, 11) is 0. The molecule has 3 aliphatic rings. The van der Waals surface area contributed by atoms with E-state index in [0.717, 1.165) is 5.69 Å². The predicted octanol–water partition coefficient (Wildman–Crippen LogP) is 14.6. The van der Waals surface area contributed by atoms with Crippen LogP contribution in [0.1, 0.15) is 72.6 Å². The molecule has 0 N–H and O–H groups in total. The molecule has 0 fully saturated rings. The first kappa shape index (κ1) is 32.9. The summed E-state index contributed by atoms with van der Waals surface area (Å²) in [6.45, 7) is 9.51. The van der Waals surface area contributed by atoms with Gasteiger partial charge in [-0.15, -0.1) is 0 Å². The summed E-state index contributed by atoms with van der Waals surface area (Å²) < 4.78 is 0. The van der Waals surface area contributed by atoms with Crippen LogP contribution in [0.2, 0.25) is 0 Å². The van der Waals surface area contributed by atoms with Crippen LogP contribution < -0.4 is 4.90 Å². The van der Waals surface area contributed by atoms with Crippen molar-refractivity contribution in [2.75, 3.05) is 4.90 Å². The molecule has 1 nitrogen and oxygen atoms in total. The highest BCUT2D eigenvalue weighted by Gasteiger charge is 2.40. The van der Waals surface area contributed by atoms with Gasteiger partial charge in [-0.25, -0.2) is 0 Å². The van der Waals surface area contributed by atoms with Crippen LogP contribution in [0.15, 0.2) is 182 Å². The minimum Gasteiger partial charge on any atom is -0.310 e. The van der Waals surface area contributed by atoms with Gasteiger partial charge in [-0.3, -0.25) is 0 Å². The van der Waals surface area contributed by atoms with Gasteiger partial charge in [0.15, 0.2) is 0 Å². The Kier molecular flexibility index (Phi) is 7.08. The Morgan fingerprint density at radius 3 is 1.50 bits per heavy atom. The fraction of sp³-hybridized carbons (Fsp3) is 0.127. The molecule has 8 aromatic rings. The molecule has 0 amide bonds. The normalized spacial score (nSPS) is 15.0. The molecule has 8 aromatic carbocycles. The van der Waals surface area contributed by atoms with E-state index in [0.29, 0.717) is 0 Å². The zero-order valence-corrected chi connectivity index (χ0v) is 32.3. The summed E-state index contributed by atoms with van der Waals surface area (Å²) in [5, 5.41) is 0. The van der Waals surface area contributed by atoms with Crippen molar-refractivity contribution in [1.82, 2.24) is 0 Å². The third-order valence-electron chi connectivity index (χ3n) is 13.2. The fourth-order valence-corrected chi connectivity index (χ4v) is 10.4. The van der Waals surface area contributed by atoms with Crippen LogP contribution >= 0.6 is 0 Å². The Hall–Kier alpha value is -6.44. The second-order valence-corrected chi connectivity index (χ2v) is 16.9. The Bertz CT molecular complexity index is 2810. The monoisotopic (exact) mass is 717 g/mol. The van der Waals surface area contributed by atoms with Crippen molar-refractivity contribution < 1.29 is 0 Å². The summed E-state index contributed by atoms with van der Waals surface area (Å²) in [6.07, 6.45) is 0. The third-order valence-corrected chi connectivity index (χ3v) is 13.2. The lowest BCUT2D eigenvalue weighted by molar-refractivity contribution is 0.658. The number of fused-ring (bicyclic) bond motifs is 9. The van der Waals surface area contributed by atoms with E-state index in [1.54, 1.807) is 0 Å². The van der Waals surface area contributed by atoms with Crippen LogP contribution in [-0.2, 0) is 10.8 Å². The van der Waals surface area contributed by atoms with E-state index in [4.69, 9.17) is 0 Å². The minimum atomic E-state index is -0.158. The van der Waals surface area contributed by atoms with Crippen molar-refractivity contribution in [2.45, 2.75) is 44.4 Å². The first-order valence-corrected chi connectivity index (χ1v) is 20.0. The Labute approximate surface area is 330 Å². The summed E-state index contributed by atoms with van der Waals surface area (Å²) in [5.74, 6) is 0.250. The highest BCUT2D eigenvalue weighted by atomic mass is 15.1. The molecule has 3 aliphatic carbocycles. The van der Waals surface area contributed by atoms with E-state index in [1.165, 1.54) is 94.8 Å². The van der Waals surface area contributed by atoms with Crippen LogP contribution in [0.4, 0.5) is 17.1 Å². The number of hydrogen-bond acceptors (Lipinski definition) is 1. The van der Waals surface area contributed by atoms with Gasteiger partial charge >= 0.3 is 0 Å². The lowest BCUT2D eigenvalue weighted by atomic mass is 9.81. The first-order chi connectivity index (χ1) is 27.3.